The lowest BCUT2D eigenvalue weighted by Gasteiger charge is -2.20. The number of aliphatic carboxylic acids is 1. The van der Waals surface area contributed by atoms with Crippen molar-refractivity contribution in [3.63, 3.8) is 0 Å². The molecule has 0 saturated carbocycles. The molecule has 1 rings (SSSR count). The van der Waals surface area contributed by atoms with E-state index in [4.69, 9.17) is 16.7 Å². The Kier molecular flexibility index (Phi) is 4.97. The molecule has 0 heterocycles. The number of anilines is 1. The first-order valence-electron chi connectivity index (χ1n) is 5.32. The largest absolute Gasteiger partial charge is 0.481 e. The number of hydrogen-bond donors (Lipinski definition) is 1. The van der Waals surface area contributed by atoms with Crippen LogP contribution in [0.4, 0.5) is 5.69 Å². The number of carbonyl (C=O) groups is 2. The summed E-state index contributed by atoms with van der Waals surface area (Å²) >= 11 is 5.76. The molecule has 1 N–H and O–H groups in total. The zero-order chi connectivity index (χ0) is 12.8. The molecule has 0 unspecified atom stereocenters. The Hall–Kier alpha value is -1.55. The number of hydrogen-bond acceptors (Lipinski definition) is 2. The van der Waals surface area contributed by atoms with Crippen LogP contribution in [0.25, 0.3) is 0 Å². The van der Waals surface area contributed by atoms with Gasteiger partial charge >= 0.3 is 5.97 Å². The van der Waals surface area contributed by atoms with Crippen molar-refractivity contribution in [2.45, 2.75) is 19.8 Å². The second-order valence-corrected chi connectivity index (χ2v) is 3.94. The average molecular weight is 256 g/mol. The fraction of sp³-hybridized carbons (Fsp3) is 0.333. The molecule has 0 aliphatic heterocycles. The fourth-order valence-corrected chi connectivity index (χ4v) is 1.60. The normalized spacial score (nSPS) is 10.0. The van der Waals surface area contributed by atoms with E-state index in [1.165, 1.54) is 0 Å². The average Bonchev–Trinajstić information content (AvgIpc) is 2.30. The summed E-state index contributed by atoms with van der Waals surface area (Å²) in [4.78, 5) is 23.7. The van der Waals surface area contributed by atoms with Crippen LogP contribution in [0.3, 0.4) is 0 Å². The van der Waals surface area contributed by atoms with E-state index in [1.807, 2.05) is 6.92 Å². The van der Waals surface area contributed by atoms with Crippen molar-refractivity contribution in [3.05, 3.63) is 29.3 Å². The Morgan fingerprint density at radius 2 is 1.82 bits per heavy atom. The Balaban J connectivity index is 2.73. The smallest absolute Gasteiger partial charge is 0.303 e. The van der Waals surface area contributed by atoms with Gasteiger partial charge in [-0.3, -0.25) is 9.59 Å². The molecular formula is C12H14ClNO3. The Bertz CT molecular complexity index is 403. The van der Waals surface area contributed by atoms with E-state index in [2.05, 4.69) is 0 Å². The maximum atomic E-state index is 11.8. The summed E-state index contributed by atoms with van der Waals surface area (Å²) in [6.07, 6.45) is -0.144. The van der Waals surface area contributed by atoms with Crippen LogP contribution in [0.2, 0.25) is 5.02 Å². The molecule has 1 amide bonds. The van der Waals surface area contributed by atoms with Gasteiger partial charge in [-0.1, -0.05) is 11.6 Å². The van der Waals surface area contributed by atoms with Crippen LogP contribution < -0.4 is 4.90 Å². The third kappa shape index (κ3) is 4.07. The Morgan fingerprint density at radius 1 is 1.24 bits per heavy atom. The second kappa shape index (κ2) is 6.25. The van der Waals surface area contributed by atoms with Crippen LogP contribution >= 0.6 is 11.6 Å². The first kappa shape index (κ1) is 13.5. The lowest BCUT2D eigenvalue weighted by molar-refractivity contribution is -0.138. The van der Waals surface area contributed by atoms with Crippen LogP contribution in [0.1, 0.15) is 19.8 Å². The minimum absolute atomic E-state index is 0.00575. The number of carboxylic acid groups (broad SMARTS) is 1. The van der Waals surface area contributed by atoms with Crippen LogP contribution in [-0.4, -0.2) is 23.5 Å². The Labute approximate surface area is 105 Å². The topological polar surface area (TPSA) is 57.6 Å². The SMILES string of the molecule is CCN(C(=O)CCC(=O)O)c1ccc(Cl)cc1. The minimum atomic E-state index is -0.967. The third-order valence-corrected chi connectivity index (χ3v) is 2.56. The first-order valence-corrected chi connectivity index (χ1v) is 5.70. The van der Waals surface area contributed by atoms with E-state index < -0.39 is 5.97 Å². The number of halogens is 1. The molecule has 0 bridgehead atoms. The van der Waals surface area contributed by atoms with Gasteiger partial charge in [-0.05, 0) is 31.2 Å². The van der Waals surface area contributed by atoms with Crippen LogP contribution in [0.15, 0.2) is 24.3 Å². The number of carbonyl (C=O) groups excluding carboxylic acids is 1. The van der Waals surface area contributed by atoms with E-state index in [-0.39, 0.29) is 18.7 Å². The summed E-state index contributed by atoms with van der Waals surface area (Å²) < 4.78 is 0. The number of nitrogens with zero attached hydrogens (tertiary/aromatic N) is 1. The zero-order valence-electron chi connectivity index (χ0n) is 9.52. The minimum Gasteiger partial charge on any atom is -0.481 e. The molecule has 0 fully saturated rings. The van der Waals surface area contributed by atoms with Gasteiger partial charge in [0.05, 0.1) is 6.42 Å². The van der Waals surface area contributed by atoms with Crippen molar-refractivity contribution >= 4 is 29.2 Å². The van der Waals surface area contributed by atoms with Crippen molar-refractivity contribution in [3.8, 4) is 0 Å². The Morgan fingerprint density at radius 3 is 2.29 bits per heavy atom. The van der Waals surface area contributed by atoms with Gasteiger partial charge in [-0.15, -0.1) is 0 Å². The van der Waals surface area contributed by atoms with E-state index in [9.17, 15) is 9.59 Å². The number of carboxylic acids is 1. The third-order valence-electron chi connectivity index (χ3n) is 2.31. The summed E-state index contributed by atoms with van der Waals surface area (Å²) in [6, 6.07) is 6.88. The quantitative estimate of drug-likeness (QED) is 0.880. The van der Waals surface area contributed by atoms with Crippen molar-refractivity contribution < 1.29 is 14.7 Å². The second-order valence-electron chi connectivity index (χ2n) is 3.51. The molecule has 0 aromatic heterocycles. The van der Waals surface area contributed by atoms with Crippen LogP contribution in [-0.2, 0) is 9.59 Å². The van der Waals surface area contributed by atoms with E-state index in [1.54, 1.807) is 29.2 Å². The zero-order valence-corrected chi connectivity index (χ0v) is 10.3. The predicted molar refractivity (Wildman–Crippen MR) is 66.3 cm³/mol. The first-order chi connectivity index (χ1) is 8.04. The van der Waals surface area contributed by atoms with Crippen molar-refractivity contribution in [2.24, 2.45) is 0 Å². The lowest BCUT2D eigenvalue weighted by Crippen LogP contribution is -2.30. The highest BCUT2D eigenvalue weighted by atomic mass is 35.5. The predicted octanol–water partition coefficient (Wildman–Crippen LogP) is 2.56. The highest BCUT2D eigenvalue weighted by Gasteiger charge is 2.14. The monoisotopic (exact) mass is 255 g/mol. The number of amides is 1. The standard InChI is InChI=1S/C12H14ClNO3/c1-2-14(11(15)7-8-12(16)17)10-5-3-9(13)4-6-10/h3-6H,2,7-8H2,1H3,(H,16,17). The van der Waals surface area contributed by atoms with Gasteiger partial charge in [0.1, 0.15) is 0 Å². The highest BCUT2D eigenvalue weighted by molar-refractivity contribution is 6.30. The maximum Gasteiger partial charge on any atom is 0.303 e. The van der Waals surface area contributed by atoms with Crippen LogP contribution in [0.5, 0.6) is 0 Å². The van der Waals surface area contributed by atoms with E-state index in [0.717, 1.165) is 5.69 Å². The fourth-order valence-electron chi connectivity index (χ4n) is 1.47. The molecule has 0 aliphatic rings. The summed E-state index contributed by atoms with van der Waals surface area (Å²) in [5.41, 5.74) is 0.729. The summed E-state index contributed by atoms with van der Waals surface area (Å²) in [5, 5.41) is 9.14. The van der Waals surface area contributed by atoms with E-state index >= 15 is 0 Å². The molecule has 17 heavy (non-hydrogen) atoms. The summed E-state index contributed by atoms with van der Waals surface area (Å²) in [5.74, 6) is -1.16. The molecule has 0 saturated heterocycles. The van der Waals surface area contributed by atoms with Gasteiger partial charge in [0.2, 0.25) is 5.91 Å². The molecule has 1 aromatic rings. The summed E-state index contributed by atoms with van der Waals surface area (Å²) in [6.45, 7) is 2.34. The molecule has 0 atom stereocenters. The maximum absolute atomic E-state index is 11.8. The molecule has 1 aromatic carbocycles. The molecular weight excluding hydrogens is 242 g/mol. The highest BCUT2D eigenvalue weighted by Crippen LogP contribution is 2.18. The number of benzene rings is 1. The molecule has 0 aliphatic carbocycles. The van der Waals surface area contributed by atoms with E-state index in [0.29, 0.717) is 11.6 Å². The van der Waals surface area contributed by atoms with Gasteiger partial charge in [-0.2, -0.15) is 0 Å². The van der Waals surface area contributed by atoms with Gasteiger partial charge in [0, 0.05) is 23.7 Å². The molecule has 0 spiro atoms. The van der Waals surface area contributed by atoms with Crippen molar-refractivity contribution in [1.82, 2.24) is 0 Å². The van der Waals surface area contributed by atoms with Crippen molar-refractivity contribution in [2.75, 3.05) is 11.4 Å². The molecule has 92 valence electrons. The van der Waals surface area contributed by atoms with Crippen molar-refractivity contribution in [1.29, 1.82) is 0 Å². The number of rotatable bonds is 5. The van der Waals surface area contributed by atoms with Gasteiger partial charge in [-0.25, -0.2) is 0 Å². The molecule has 5 heteroatoms. The van der Waals surface area contributed by atoms with Gasteiger partial charge in [0.25, 0.3) is 0 Å². The van der Waals surface area contributed by atoms with Gasteiger partial charge in [0.15, 0.2) is 0 Å². The molecule has 0 radical (unpaired) electrons. The molecule has 4 nitrogen and oxygen atoms in total. The van der Waals surface area contributed by atoms with Crippen LogP contribution in [0, 0.1) is 0 Å². The lowest BCUT2D eigenvalue weighted by atomic mass is 10.2. The van der Waals surface area contributed by atoms with Gasteiger partial charge < -0.3 is 10.0 Å². The summed E-state index contributed by atoms with van der Waals surface area (Å²) in [7, 11) is 0.